The second-order valence-electron chi connectivity index (χ2n) is 3.59. The van der Waals surface area contributed by atoms with E-state index in [1.165, 1.54) is 16.7 Å². The van der Waals surface area contributed by atoms with Crippen LogP contribution in [0.2, 0.25) is 0 Å². The van der Waals surface area contributed by atoms with Crippen LogP contribution in [0, 0.1) is 0 Å². The van der Waals surface area contributed by atoms with Gasteiger partial charge in [-0.1, -0.05) is 51.7 Å². The Bertz CT molecular complexity index is 264. The van der Waals surface area contributed by atoms with Crippen molar-refractivity contribution in [3.63, 3.8) is 0 Å². The summed E-state index contributed by atoms with van der Waals surface area (Å²) in [5.74, 6) is 0. The monoisotopic (exact) mass is 190 g/mol. The minimum absolute atomic E-state index is 0.994. The molecule has 0 spiro atoms. The summed E-state index contributed by atoms with van der Waals surface area (Å²) >= 11 is 0. The van der Waals surface area contributed by atoms with Gasteiger partial charge in [0.2, 0.25) is 0 Å². The zero-order valence-corrected chi connectivity index (χ0v) is 9.82. The summed E-state index contributed by atoms with van der Waals surface area (Å²) in [5, 5.41) is 0. The minimum atomic E-state index is 0.994. The second-order valence-corrected chi connectivity index (χ2v) is 3.59. The van der Waals surface area contributed by atoms with E-state index in [1.807, 2.05) is 13.0 Å². The highest BCUT2D eigenvalue weighted by atomic mass is 14.1. The lowest BCUT2D eigenvalue weighted by Gasteiger charge is -2.14. The third-order valence-electron chi connectivity index (χ3n) is 2.28. The molecule has 14 heavy (non-hydrogen) atoms. The van der Waals surface area contributed by atoms with Crippen molar-refractivity contribution in [2.75, 3.05) is 0 Å². The lowest BCUT2D eigenvalue weighted by atomic mass is 9.91. The molecule has 0 heteroatoms. The largest absolute Gasteiger partial charge is 0.0988 e. The predicted octanol–water partition coefficient (Wildman–Crippen LogP) is 4.81. The average molecular weight is 190 g/mol. The maximum absolute atomic E-state index is 4.12. The van der Waals surface area contributed by atoms with Gasteiger partial charge in [-0.25, -0.2) is 0 Å². The molecule has 0 radical (unpaired) electrons. The van der Waals surface area contributed by atoms with Crippen LogP contribution >= 0.6 is 0 Å². The Morgan fingerprint density at radius 3 is 2.07 bits per heavy atom. The first kappa shape index (κ1) is 13.0. The van der Waals surface area contributed by atoms with Crippen LogP contribution in [0.4, 0.5) is 0 Å². The van der Waals surface area contributed by atoms with Crippen molar-refractivity contribution in [1.29, 1.82) is 0 Å². The molecule has 0 N–H and O–H groups in total. The highest BCUT2D eigenvalue weighted by molar-refractivity contribution is 5.49. The van der Waals surface area contributed by atoms with E-state index in [4.69, 9.17) is 0 Å². The zero-order valence-electron chi connectivity index (χ0n) is 9.82. The van der Waals surface area contributed by atoms with Crippen LogP contribution in [0.25, 0.3) is 0 Å². The smallest absolute Gasteiger partial charge is 0.0175 e. The van der Waals surface area contributed by atoms with Gasteiger partial charge in [0.05, 0.1) is 0 Å². The van der Waals surface area contributed by atoms with Crippen LogP contribution in [0.5, 0.6) is 0 Å². The van der Waals surface area contributed by atoms with Crippen molar-refractivity contribution < 1.29 is 0 Å². The Morgan fingerprint density at radius 1 is 1.21 bits per heavy atom. The Balaban J connectivity index is 5.11. The normalized spacial score (nSPS) is 11.9. The van der Waals surface area contributed by atoms with Gasteiger partial charge < -0.3 is 0 Å². The molecule has 0 unspecified atom stereocenters. The molecule has 0 bridgehead atoms. The van der Waals surface area contributed by atoms with E-state index >= 15 is 0 Å². The molecule has 0 amide bonds. The van der Waals surface area contributed by atoms with Crippen LogP contribution in [0.1, 0.15) is 40.0 Å². The van der Waals surface area contributed by atoms with Gasteiger partial charge >= 0.3 is 0 Å². The molecule has 0 aromatic carbocycles. The molecular weight excluding hydrogens is 168 g/mol. The van der Waals surface area contributed by atoms with E-state index in [1.54, 1.807) is 0 Å². The topological polar surface area (TPSA) is 0 Å². The van der Waals surface area contributed by atoms with Crippen molar-refractivity contribution in [2.24, 2.45) is 0 Å². The third kappa shape index (κ3) is 3.37. The number of hydrogen-bond donors (Lipinski definition) is 0. The first-order valence-electron chi connectivity index (χ1n) is 5.28. The molecule has 0 nitrogen and oxygen atoms in total. The zero-order chi connectivity index (χ0) is 11.1. The summed E-state index contributed by atoms with van der Waals surface area (Å²) in [6.07, 6.45) is 5.09. The lowest BCUT2D eigenvalue weighted by Crippen LogP contribution is -1.94. The van der Waals surface area contributed by atoms with Crippen LogP contribution in [0.3, 0.4) is 0 Å². The standard InChI is InChI=1S/C14H22/c1-7-10-12(6)14(11(4)5)13(8-2)9-3/h8H,2,4,6-7,9-10H2,1,3,5H3/b14-13+. The van der Waals surface area contributed by atoms with E-state index in [0.29, 0.717) is 0 Å². The van der Waals surface area contributed by atoms with Gasteiger partial charge in [0.15, 0.2) is 0 Å². The molecule has 0 heterocycles. The minimum Gasteiger partial charge on any atom is -0.0988 e. The molecule has 0 aromatic heterocycles. The highest BCUT2D eigenvalue weighted by Gasteiger charge is 2.07. The Labute approximate surface area is 88.7 Å². The molecule has 0 fully saturated rings. The Hall–Kier alpha value is -1.04. The molecule has 0 aromatic rings. The molecule has 0 aliphatic heterocycles. The molecular formula is C14H22. The van der Waals surface area contributed by atoms with E-state index in [2.05, 4.69) is 33.6 Å². The summed E-state index contributed by atoms with van der Waals surface area (Å²) in [6, 6.07) is 0. The summed E-state index contributed by atoms with van der Waals surface area (Å²) in [6.45, 7) is 18.3. The highest BCUT2D eigenvalue weighted by Crippen LogP contribution is 2.26. The first-order chi connectivity index (χ1) is 6.58. The summed E-state index contributed by atoms with van der Waals surface area (Å²) in [7, 11) is 0. The van der Waals surface area contributed by atoms with Crippen molar-refractivity contribution in [3.05, 3.63) is 48.1 Å². The molecule has 0 atom stereocenters. The fourth-order valence-corrected chi connectivity index (χ4v) is 1.65. The summed E-state index contributed by atoms with van der Waals surface area (Å²) in [5.41, 5.74) is 4.78. The summed E-state index contributed by atoms with van der Waals surface area (Å²) in [4.78, 5) is 0. The van der Waals surface area contributed by atoms with E-state index in [-0.39, 0.29) is 0 Å². The number of allylic oxidation sites excluding steroid dienone is 5. The van der Waals surface area contributed by atoms with E-state index in [0.717, 1.165) is 24.8 Å². The fourth-order valence-electron chi connectivity index (χ4n) is 1.65. The second kappa shape index (κ2) is 6.42. The SMILES string of the molecule is C=C/C(CC)=C(/C(=C)C)C(=C)CCC. The Morgan fingerprint density at radius 2 is 1.79 bits per heavy atom. The lowest BCUT2D eigenvalue weighted by molar-refractivity contribution is 0.910. The van der Waals surface area contributed by atoms with Crippen molar-refractivity contribution in [3.8, 4) is 0 Å². The fraction of sp³-hybridized carbons (Fsp3) is 0.429. The van der Waals surface area contributed by atoms with Crippen molar-refractivity contribution in [1.82, 2.24) is 0 Å². The number of rotatable bonds is 6. The van der Waals surface area contributed by atoms with E-state index < -0.39 is 0 Å². The predicted molar refractivity (Wildman–Crippen MR) is 66.4 cm³/mol. The van der Waals surface area contributed by atoms with Gasteiger partial charge in [0, 0.05) is 0 Å². The quantitative estimate of drug-likeness (QED) is 0.527. The Kier molecular flexibility index (Phi) is 5.94. The van der Waals surface area contributed by atoms with Gasteiger partial charge in [0.25, 0.3) is 0 Å². The van der Waals surface area contributed by atoms with Crippen molar-refractivity contribution >= 4 is 0 Å². The van der Waals surface area contributed by atoms with Gasteiger partial charge in [-0.15, -0.1) is 0 Å². The van der Waals surface area contributed by atoms with Crippen LogP contribution in [-0.2, 0) is 0 Å². The maximum Gasteiger partial charge on any atom is -0.0175 e. The number of hydrogen-bond acceptors (Lipinski definition) is 0. The summed E-state index contributed by atoms with van der Waals surface area (Å²) < 4.78 is 0. The molecule has 78 valence electrons. The average Bonchev–Trinajstić information content (AvgIpc) is 2.13. The molecule has 0 aliphatic rings. The van der Waals surface area contributed by atoms with Gasteiger partial charge in [0.1, 0.15) is 0 Å². The van der Waals surface area contributed by atoms with Crippen molar-refractivity contribution in [2.45, 2.75) is 40.0 Å². The van der Waals surface area contributed by atoms with Gasteiger partial charge in [-0.3, -0.25) is 0 Å². The van der Waals surface area contributed by atoms with E-state index in [9.17, 15) is 0 Å². The van der Waals surface area contributed by atoms with Gasteiger partial charge in [-0.05, 0) is 36.5 Å². The molecule has 0 rings (SSSR count). The molecule has 0 saturated carbocycles. The molecule has 0 aliphatic carbocycles. The van der Waals surface area contributed by atoms with Crippen LogP contribution in [-0.4, -0.2) is 0 Å². The van der Waals surface area contributed by atoms with Gasteiger partial charge in [-0.2, -0.15) is 0 Å². The molecule has 0 saturated heterocycles. The third-order valence-corrected chi connectivity index (χ3v) is 2.28. The van der Waals surface area contributed by atoms with Crippen LogP contribution < -0.4 is 0 Å². The van der Waals surface area contributed by atoms with Crippen LogP contribution in [0.15, 0.2) is 48.1 Å². The maximum atomic E-state index is 4.12. The first-order valence-corrected chi connectivity index (χ1v) is 5.28.